The largest absolute Gasteiger partial charge is 0.496 e. The van der Waals surface area contributed by atoms with Crippen LogP contribution in [0.5, 0.6) is 5.75 Å². The molecule has 0 bridgehead atoms. The first-order valence-corrected chi connectivity index (χ1v) is 7.81. The van der Waals surface area contributed by atoms with Gasteiger partial charge in [-0.05, 0) is 6.07 Å². The van der Waals surface area contributed by atoms with Gasteiger partial charge in [-0.2, -0.15) is 0 Å². The number of rotatable bonds is 6. The van der Waals surface area contributed by atoms with Gasteiger partial charge in [-0.15, -0.1) is 11.3 Å². The maximum absolute atomic E-state index is 12.0. The van der Waals surface area contributed by atoms with Crippen LogP contribution in [-0.4, -0.2) is 18.0 Å². The SMILES string of the molecule is COc1ccccc1CC(=O)NCc1csc(C(C)C)n1. The van der Waals surface area contributed by atoms with E-state index in [9.17, 15) is 4.79 Å². The van der Waals surface area contributed by atoms with Gasteiger partial charge in [0.1, 0.15) is 5.75 Å². The van der Waals surface area contributed by atoms with E-state index in [2.05, 4.69) is 24.1 Å². The Morgan fingerprint density at radius 3 is 2.81 bits per heavy atom. The summed E-state index contributed by atoms with van der Waals surface area (Å²) in [6.07, 6.45) is 0.311. The van der Waals surface area contributed by atoms with Crippen LogP contribution < -0.4 is 10.1 Å². The standard InChI is InChI=1S/C16H20N2O2S/c1-11(2)16-18-13(10-21-16)9-17-15(19)8-12-6-4-5-7-14(12)20-3/h4-7,10-11H,8-9H2,1-3H3,(H,17,19). The van der Waals surface area contributed by atoms with Gasteiger partial charge in [0.15, 0.2) is 0 Å². The van der Waals surface area contributed by atoms with Crippen molar-refractivity contribution in [2.75, 3.05) is 7.11 Å². The Kier molecular flexibility index (Phi) is 5.33. The van der Waals surface area contributed by atoms with Gasteiger partial charge in [0, 0.05) is 16.9 Å². The Labute approximate surface area is 129 Å². The van der Waals surface area contributed by atoms with Crippen molar-refractivity contribution >= 4 is 17.2 Å². The smallest absolute Gasteiger partial charge is 0.224 e. The molecule has 1 heterocycles. The molecule has 0 unspecified atom stereocenters. The first-order valence-electron chi connectivity index (χ1n) is 6.93. The average Bonchev–Trinajstić information content (AvgIpc) is 2.95. The van der Waals surface area contributed by atoms with Gasteiger partial charge in [0.2, 0.25) is 5.91 Å². The summed E-state index contributed by atoms with van der Waals surface area (Å²) in [4.78, 5) is 16.5. The van der Waals surface area contributed by atoms with E-state index in [0.717, 1.165) is 22.0 Å². The minimum Gasteiger partial charge on any atom is -0.496 e. The second-order valence-corrected chi connectivity index (χ2v) is 5.99. The molecule has 1 aromatic heterocycles. The Hall–Kier alpha value is -1.88. The van der Waals surface area contributed by atoms with E-state index in [1.165, 1.54) is 0 Å². The maximum atomic E-state index is 12.0. The fraction of sp³-hybridized carbons (Fsp3) is 0.375. The van der Waals surface area contributed by atoms with Crippen molar-refractivity contribution in [3.63, 3.8) is 0 Å². The highest BCUT2D eigenvalue weighted by atomic mass is 32.1. The highest BCUT2D eigenvalue weighted by Gasteiger charge is 2.10. The molecule has 1 aromatic carbocycles. The number of benzene rings is 1. The van der Waals surface area contributed by atoms with Gasteiger partial charge in [0.25, 0.3) is 0 Å². The summed E-state index contributed by atoms with van der Waals surface area (Å²) in [6.45, 7) is 4.70. The van der Waals surface area contributed by atoms with Crippen LogP contribution in [0.1, 0.15) is 36.0 Å². The summed E-state index contributed by atoms with van der Waals surface area (Å²) in [7, 11) is 1.61. The van der Waals surface area contributed by atoms with Crippen LogP contribution in [0.25, 0.3) is 0 Å². The summed E-state index contributed by atoms with van der Waals surface area (Å²) >= 11 is 1.64. The highest BCUT2D eigenvalue weighted by Crippen LogP contribution is 2.19. The molecular formula is C16H20N2O2S. The molecule has 0 fully saturated rings. The average molecular weight is 304 g/mol. The predicted octanol–water partition coefficient (Wildman–Crippen LogP) is 3.13. The fourth-order valence-electron chi connectivity index (χ4n) is 1.94. The zero-order chi connectivity index (χ0) is 15.2. The van der Waals surface area contributed by atoms with E-state index < -0.39 is 0 Å². The Balaban J connectivity index is 1.89. The Morgan fingerprint density at radius 2 is 2.14 bits per heavy atom. The molecule has 0 spiro atoms. The third-order valence-electron chi connectivity index (χ3n) is 3.07. The monoisotopic (exact) mass is 304 g/mol. The summed E-state index contributed by atoms with van der Waals surface area (Å²) in [5.41, 5.74) is 1.80. The molecular weight excluding hydrogens is 284 g/mol. The first-order chi connectivity index (χ1) is 10.1. The molecule has 2 rings (SSSR count). The minimum absolute atomic E-state index is 0.0291. The third-order valence-corrected chi connectivity index (χ3v) is 4.27. The van der Waals surface area contributed by atoms with Crippen LogP contribution in [0.2, 0.25) is 0 Å². The number of nitrogens with zero attached hydrogens (tertiary/aromatic N) is 1. The summed E-state index contributed by atoms with van der Waals surface area (Å²) in [5, 5.41) is 6.00. The molecule has 0 aliphatic carbocycles. The van der Waals surface area contributed by atoms with E-state index in [0.29, 0.717) is 18.9 Å². The normalized spacial score (nSPS) is 10.7. The van der Waals surface area contributed by atoms with Gasteiger partial charge in [0.05, 0.1) is 30.8 Å². The summed E-state index contributed by atoms with van der Waals surface area (Å²) < 4.78 is 5.25. The molecule has 0 aliphatic rings. The number of aromatic nitrogens is 1. The third kappa shape index (κ3) is 4.29. The molecule has 112 valence electrons. The number of carbonyl (C=O) groups is 1. The van der Waals surface area contributed by atoms with Crippen molar-refractivity contribution in [1.82, 2.24) is 10.3 Å². The number of hydrogen-bond donors (Lipinski definition) is 1. The van der Waals surface area contributed by atoms with E-state index in [1.54, 1.807) is 18.4 Å². The second kappa shape index (κ2) is 7.22. The number of hydrogen-bond acceptors (Lipinski definition) is 4. The number of nitrogens with one attached hydrogen (secondary N) is 1. The lowest BCUT2D eigenvalue weighted by atomic mass is 10.1. The minimum atomic E-state index is -0.0291. The van der Waals surface area contributed by atoms with Crippen molar-refractivity contribution in [1.29, 1.82) is 0 Å². The number of ether oxygens (including phenoxy) is 1. The van der Waals surface area contributed by atoms with Crippen LogP contribution >= 0.6 is 11.3 Å². The quantitative estimate of drug-likeness (QED) is 0.892. The van der Waals surface area contributed by atoms with Crippen molar-refractivity contribution in [2.45, 2.75) is 32.7 Å². The van der Waals surface area contributed by atoms with Gasteiger partial charge >= 0.3 is 0 Å². The summed E-state index contributed by atoms with van der Waals surface area (Å²) in [5.74, 6) is 1.13. The Bertz CT molecular complexity index is 608. The number of thiazole rings is 1. The van der Waals surface area contributed by atoms with E-state index in [4.69, 9.17) is 4.74 Å². The molecule has 0 atom stereocenters. The van der Waals surface area contributed by atoms with Crippen molar-refractivity contribution in [2.24, 2.45) is 0 Å². The number of methoxy groups -OCH3 is 1. The first kappa shape index (κ1) is 15.5. The van der Waals surface area contributed by atoms with Crippen molar-refractivity contribution in [3.8, 4) is 5.75 Å². The molecule has 1 amide bonds. The lowest BCUT2D eigenvalue weighted by Crippen LogP contribution is -2.24. The molecule has 0 radical (unpaired) electrons. The van der Waals surface area contributed by atoms with E-state index in [-0.39, 0.29) is 5.91 Å². The van der Waals surface area contributed by atoms with Crippen LogP contribution in [0.4, 0.5) is 0 Å². The predicted molar refractivity (Wildman–Crippen MR) is 84.7 cm³/mol. The molecule has 0 saturated carbocycles. The molecule has 5 heteroatoms. The van der Waals surface area contributed by atoms with Crippen LogP contribution in [0.15, 0.2) is 29.6 Å². The molecule has 4 nitrogen and oxygen atoms in total. The van der Waals surface area contributed by atoms with Gasteiger partial charge in [-0.3, -0.25) is 4.79 Å². The molecule has 0 aliphatic heterocycles. The molecule has 21 heavy (non-hydrogen) atoms. The van der Waals surface area contributed by atoms with Crippen molar-refractivity contribution in [3.05, 3.63) is 45.9 Å². The van der Waals surface area contributed by atoms with Crippen molar-refractivity contribution < 1.29 is 9.53 Å². The molecule has 2 aromatic rings. The topological polar surface area (TPSA) is 51.2 Å². The van der Waals surface area contributed by atoms with E-state index in [1.807, 2.05) is 29.6 Å². The van der Waals surface area contributed by atoms with E-state index >= 15 is 0 Å². The second-order valence-electron chi connectivity index (χ2n) is 5.10. The van der Waals surface area contributed by atoms with Gasteiger partial charge in [-0.25, -0.2) is 4.98 Å². The van der Waals surface area contributed by atoms with Gasteiger partial charge in [-0.1, -0.05) is 32.0 Å². The zero-order valence-corrected chi connectivity index (χ0v) is 13.4. The molecule has 0 saturated heterocycles. The highest BCUT2D eigenvalue weighted by molar-refractivity contribution is 7.09. The van der Waals surface area contributed by atoms with Crippen LogP contribution in [0, 0.1) is 0 Å². The van der Waals surface area contributed by atoms with Crippen LogP contribution in [-0.2, 0) is 17.8 Å². The number of amides is 1. The Morgan fingerprint density at radius 1 is 1.38 bits per heavy atom. The lowest BCUT2D eigenvalue weighted by molar-refractivity contribution is -0.120. The number of para-hydroxylation sites is 1. The van der Waals surface area contributed by atoms with Crippen LogP contribution in [0.3, 0.4) is 0 Å². The summed E-state index contributed by atoms with van der Waals surface area (Å²) in [6, 6.07) is 7.56. The van der Waals surface area contributed by atoms with Gasteiger partial charge < -0.3 is 10.1 Å². The number of carbonyl (C=O) groups excluding carboxylic acids is 1. The lowest BCUT2D eigenvalue weighted by Gasteiger charge is -2.08. The zero-order valence-electron chi connectivity index (χ0n) is 12.6. The maximum Gasteiger partial charge on any atom is 0.224 e. The molecule has 1 N–H and O–H groups in total. The fourth-order valence-corrected chi connectivity index (χ4v) is 2.78.